The van der Waals surface area contributed by atoms with E-state index in [1.807, 2.05) is 0 Å². The first-order chi connectivity index (χ1) is 11.0. The molecule has 6 nitrogen and oxygen atoms in total. The molecule has 0 spiro atoms. The number of nitrogens with one attached hydrogen (secondary N) is 1. The van der Waals surface area contributed by atoms with E-state index in [1.165, 1.54) is 39.2 Å². The van der Waals surface area contributed by atoms with Gasteiger partial charge in [0.05, 0.1) is 19.1 Å². The summed E-state index contributed by atoms with van der Waals surface area (Å²) in [5, 5.41) is 0. The lowest BCUT2D eigenvalue weighted by molar-refractivity contribution is 0.314. The van der Waals surface area contributed by atoms with E-state index in [-0.39, 0.29) is 4.90 Å². The number of hydrogen-bond acceptors (Lipinski definition) is 5. The van der Waals surface area contributed by atoms with Gasteiger partial charge in [-0.2, -0.15) is 0 Å². The number of ether oxygens (including phenoxy) is 2. The van der Waals surface area contributed by atoms with Crippen LogP contribution in [0.2, 0.25) is 0 Å². The number of sulfonamides is 1. The Bertz CT molecular complexity index is 658. The van der Waals surface area contributed by atoms with Crippen molar-refractivity contribution < 1.29 is 17.9 Å². The molecule has 1 heterocycles. The second-order valence-electron chi connectivity index (χ2n) is 6.25. The lowest BCUT2D eigenvalue weighted by Crippen LogP contribution is -2.31. The monoisotopic (exact) mass is 340 g/mol. The first-order valence-corrected chi connectivity index (χ1v) is 9.47. The van der Waals surface area contributed by atoms with Gasteiger partial charge < -0.3 is 14.4 Å². The van der Waals surface area contributed by atoms with Gasteiger partial charge >= 0.3 is 0 Å². The quantitative estimate of drug-likeness (QED) is 0.814. The molecule has 0 amide bonds. The normalized spacial score (nSPS) is 22.3. The lowest BCUT2D eigenvalue weighted by atomic mass is 10.1. The molecule has 2 fully saturated rings. The Kier molecular flexibility index (Phi) is 4.79. The Labute approximate surface area is 137 Å². The molecule has 3 rings (SSSR count). The Morgan fingerprint density at radius 2 is 1.91 bits per heavy atom. The second-order valence-corrected chi connectivity index (χ2v) is 8.02. The van der Waals surface area contributed by atoms with Crippen molar-refractivity contribution in [3.63, 3.8) is 0 Å². The van der Waals surface area contributed by atoms with Gasteiger partial charge in [0.1, 0.15) is 0 Å². The lowest BCUT2D eigenvalue weighted by Gasteiger charge is -2.15. The van der Waals surface area contributed by atoms with Crippen LogP contribution in [0.3, 0.4) is 0 Å². The van der Waals surface area contributed by atoms with E-state index in [2.05, 4.69) is 9.62 Å². The molecule has 0 bridgehead atoms. The Morgan fingerprint density at radius 1 is 1.17 bits per heavy atom. The highest BCUT2D eigenvalue weighted by Gasteiger charge is 2.34. The average Bonchev–Trinajstić information content (AvgIpc) is 3.30. The smallest absolute Gasteiger partial charge is 0.240 e. The van der Waals surface area contributed by atoms with E-state index >= 15 is 0 Å². The van der Waals surface area contributed by atoms with Crippen LogP contribution in [0, 0.1) is 5.92 Å². The van der Waals surface area contributed by atoms with Crippen molar-refractivity contribution in [1.82, 2.24) is 9.62 Å². The van der Waals surface area contributed by atoms with Crippen LogP contribution in [0.1, 0.15) is 19.3 Å². The molecule has 1 saturated carbocycles. The van der Waals surface area contributed by atoms with Crippen molar-refractivity contribution >= 4 is 10.0 Å². The fourth-order valence-electron chi connectivity index (χ4n) is 3.10. The summed E-state index contributed by atoms with van der Waals surface area (Å²) in [7, 11) is -0.515. The Balaban J connectivity index is 1.62. The number of hydrogen-bond donors (Lipinski definition) is 1. The van der Waals surface area contributed by atoms with Gasteiger partial charge in [-0.3, -0.25) is 0 Å². The Morgan fingerprint density at radius 3 is 2.57 bits per heavy atom. The largest absolute Gasteiger partial charge is 0.493 e. The van der Waals surface area contributed by atoms with E-state index in [1.54, 1.807) is 6.07 Å². The summed E-state index contributed by atoms with van der Waals surface area (Å²) in [6.45, 7) is 2.58. The van der Waals surface area contributed by atoms with Crippen LogP contribution in [0.4, 0.5) is 0 Å². The van der Waals surface area contributed by atoms with Crippen LogP contribution in [0.25, 0.3) is 0 Å². The fourth-order valence-corrected chi connectivity index (χ4v) is 4.23. The molecule has 1 aliphatic carbocycles. The topological polar surface area (TPSA) is 67.9 Å². The summed E-state index contributed by atoms with van der Waals surface area (Å²) in [6.07, 6.45) is 3.65. The summed E-state index contributed by atoms with van der Waals surface area (Å²) in [5.74, 6) is 1.32. The minimum Gasteiger partial charge on any atom is -0.493 e. The van der Waals surface area contributed by atoms with E-state index < -0.39 is 10.0 Å². The van der Waals surface area contributed by atoms with E-state index in [9.17, 15) is 8.42 Å². The van der Waals surface area contributed by atoms with Crippen molar-refractivity contribution in [2.75, 3.05) is 33.9 Å². The molecule has 128 valence electrons. The molecule has 1 aromatic rings. The molecule has 0 radical (unpaired) electrons. The molecule has 2 aliphatic rings. The highest BCUT2D eigenvalue weighted by atomic mass is 32.2. The predicted octanol–water partition coefficient (Wildman–Crippen LogP) is 1.47. The standard InChI is InChI=1S/C16H24N2O4S/c1-21-15-6-5-14(9-16(15)22-2)23(19,20)17-10-12-7-8-18(11-12)13-3-4-13/h5-6,9,12-13,17H,3-4,7-8,10-11H2,1-2H3. The number of likely N-dealkylation sites (tertiary alicyclic amines) is 1. The predicted molar refractivity (Wildman–Crippen MR) is 87.4 cm³/mol. The third kappa shape index (κ3) is 3.79. The zero-order chi connectivity index (χ0) is 16.4. The van der Waals surface area contributed by atoms with E-state index in [0.29, 0.717) is 24.0 Å². The second kappa shape index (κ2) is 6.67. The zero-order valence-electron chi connectivity index (χ0n) is 13.6. The van der Waals surface area contributed by atoms with Crippen LogP contribution in [-0.4, -0.2) is 53.2 Å². The SMILES string of the molecule is COc1ccc(S(=O)(=O)NCC2CCN(C3CC3)C2)cc1OC. The highest BCUT2D eigenvalue weighted by Crippen LogP contribution is 2.32. The number of rotatable bonds is 7. The number of nitrogens with zero attached hydrogens (tertiary/aromatic N) is 1. The van der Waals surface area contributed by atoms with Crippen LogP contribution < -0.4 is 14.2 Å². The van der Waals surface area contributed by atoms with E-state index in [4.69, 9.17) is 9.47 Å². The zero-order valence-corrected chi connectivity index (χ0v) is 14.4. The molecule has 1 atom stereocenters. The van der Waals surface area contributed by atoms with Crippen LogP contribution >= 0.6 is 0 Å². The van der Waals surface area contributed by atoms with Gasteiger partial charge in [0.25, 0.3) is 0 Å². The van der Waals surface area contributed by atoms with Crippen LogP contribution in [-0.2, 0) is 10.0 Å². The minimum atomic E-state index is -3.53. The molecular weight excluding hydrogens is 316 g/mol. The van der Waals surface area contributed by atoms with Crippen molar-refractivity contribution in [3.8, 4) is 11.5 Å². The van der Waals surface area contributed by atoms with Gasteiger partial charge in [0, 0.05) is 25.2 Å². The summed E-state index contributed by atoms with van der Waals surface area (Å²) in [6, 6.07) is 5.39. The molecule has 1 aliphatic heterocycles. The summed E-state index contributed by atoms with van der Waals surface area (Å²) in [5.41, 5.74) is 0. The molecule has 23 heavy (non-hydrogen) atoms. The maximum Gasteiger partial charge on any atom is 0.240 e. The van der Waals surface area contributed by atoms with Gasteiger partial charge in [0.15, 0.2) is 11.5 Å². The van der Waals surface area contributed by atoms with Gasteiger partial charge in [-0.25, -0.2) is 13.1 Å². The van der Waals surface area contributed by atoms with Gasteiger partial charge in [-0.05, 0) is 43.9 Å². The third-order valence-electron chi connectivity index (χ3n) is 4.61. The first kappa shape index (κ1) is 16.5. The van der Waals surface area contributed by atoms with Crippen molar-refractivity contribution in [2.24, 2.45) is 5.92 Å². The van der Waals surface area contributed by atoms with Crippen LogP contribution in [0.5, 0.6) is 11.5 Å². The summed E-state index contributed by atoms with van der Waals surface area (Å²) in [4.78, 5) is 2.68. The van der Waals surface area contributed by atoms with Crippen molar-refractivity contribution in [2.45, 2.75) is 30.2 Å². The fraction of sp³-hybridized carbons (Fsp3) is 0.625. The highest BCUT2D eigenvalue weighted by molar-refractivity contribution is 7.89. The van der Waals surface area contributed by atoms with Gasteiger partial charge in [-0.15, -0.1) is 0 Å². The number of benzene rings is 1. The third-order valence-corrected chi connectivity index (χ3v) is 6.03. The average molecular weight is 340 g/mol. The van der Waals surface area contributed by atoms with Crippen molar-refractivity contribution in [1.29, 1.82) is 0 Å². The molecule has 1 N–H and O–H groups in total. The molecular formula is C16H24N2O4S. The molecule has 1 aromatic carbocycles. The summed E-state index contributed by atoms with van der Waals surface area (Å²) >= 11 is 0. The van der Waals surface area contributed by atoms with Gasteiger partial charge in [0.2, 0.25) is 10.0 Å². The molecule has 1 unspecified atom stereocenters. The first-order valence-electron chi connectivity index (χ1n) is 7.99. The molecule has 1 saturated heterocycles. The molecule has 0 aromatic heterocycles. The number of methoxy groups -OCH3 is 2. The summed E-state index contributed by atoms with van der Waals surface area (Å²) < 4.78 is 38.0. The van der Waals surface area contributed by atoms with Crippen LogP contribution in [0.15, 0.2) is 23.1 Å². The van der Waals surface area contributed by atoms with Gasteiger partial charge in [-0.1, -0.05) is 0 Å². The maximum absolute atomic E-state index is 12.5. The molecule has 7 heteroatoms. The Hall–Kier alpha value is -1.31. The van der Waals surface area contributed by atoms with Crippen molar-refractivity contribution in [3.05, 3.63) is 18.2 Å². The minimum absolute atomic E-state index is 0.201. The maximum atomic E-state index is 12.5. The van der Waals surface area contributed by atoms with E-state index in [0.717, 1.165) is 25.6 Å².